The number of hydrogen-bond acceptors (Lipinski definition) is 0. The third-order valence-corrected chi connectivity index (χ3v) is 1.27. The van der Waals surface area contributed by atoms with Gasteiger partial charge in [-0.05, 0) is 0 Å². The molecule has 0 saturated carbocycles. The summed E-state index contributed by atoms with van der Waals surface area (Å²) in [7, 11) is 0. The van der Waals surface area contributed by atoms with Gasteiger partial charge in [0.1, 0.15) is 0 Å². The second-order valence-corrected chi connectivity index (χ2v) is 2.08. The Labute approximate surface area is 42.6 Å². The SMILES string of the molecule is C=C[CH2][Pb]. The third kappa shape index (κ3) is 2.66. The molecule has 0 fully saturated rings. The van der Waals surface area contributed by atoms with Gasteiger partial charge in [-0.3, -0.25) is 0 Å². The quantitative estimate of drug-likeness (QED) is 0.475. The van der Waals surface area contributed by atoms with Gasteiger partial charge in [0.05, 0.1) is 0 Å². The van der Waals surface area contributed by atoms with E-state index in [1.807, 2.05) is 6.08 Å². The summed E-state index contributed by atoms with van der Waals surface area (Å²) in [4.78, 5) is 0. The van der Waals surface area contributed by atoms with E-state index in [2.05, 4.69) is 6.58 Å². The molecule has 0 aliphatic heterocycles. The van der Waals surface area contributed by atoms with Crippen LogP contribution in [0.1, 0.15) is 0 Å². The van der Waals surface area contributed by atoms with Crippen molar-refractivity contribution in [1.29, 1.82) is 0 Å². The zero-order valence-electron chi connectivity index (χ0n) is 2.49. The van der Waals surface area contributed by atoms with Crippen molar-refractivity contribution < 1.29 is 0 Å². The fraction of sp³-hybridized carbons (Fsp3) is 0.333. The summed E-state index contributed by atoms with van der Waals surface area (Å²) in [5.41, 5.74) is 0. The first-order valence-electron chi connectivity index (χ1n) is 1.17. The molecule has 0 saturated heterocycles. The molecule has 0 aromatic rings. The molecular formula is C3H5Pb. The molecule has 0 aromatic carbocycles. The van der Waals surface area contributed by atoms with Gasteiger partial charge >= 0.3 is 42.4 Å². The van der Waals surface area contributed by atoms with Crippen LogP contribution in [0, 0.1) is 0 Å². The molecule has 1 heteroatoms. The minimum absolute atomic E-state index is 1.22. The molecule has 0 nitrogen and oxygen atoms in total. The van der Waals surface area contributed by atoms with Crippen LogP contribution in [0.15, 0.2) is 12.7 Å². The Hall–Kier alpha value is 0.662. The van der Waals surface area contributed by atoms with Crippen molar-refractivity contribution in [2.75, 3.05) is 0 Å². The van der Waals surface area contributed by atoms with Gasteiger partial charge in [-0.1, -0.05) is 0 Å². The van der Waals surface area contributed by atoms with E-state index in [1.54, 1.807) is 0 Å². The van der Waals surface area contributed by atoms with E-state index in [-0.39, 0.29) is 0 Å². The molecule has 0 unspecified atom stereocenters. The molecule has 0 bridgehead atoms. The van der Waals surface area contributed by atoms with Crippen LogP contribution in [-0.2, 0) is 0 Å². The second kappa shape index (κ2) is 3.66. The maximum absolute atomic E-state index is 3.51. The van der Waals surface area contributed by atoms with Crippen LogP contribution in [0.25, 0.3) is 0 Å². The molecule has 0 rings (SSSR count). The average molecular weight is 248 g/mol. The summed E-state index contributed by atoms with van der Waals surface area (Å²) in [6.07, 6.45) is 1.94. The van der Waals surface area contributed by atoms with Gasteiger partial charge in [0, 0.05) is 0 Å². The van der Waals surface area contributed by atoms with Gasteiger partial charge < -0.3 is 0 Å². The fourth-order valence-corrected chi connectivity index (χ4v) is 0. The molecule has 21 valence electrons. The molecule has 0 spiro atoms. The van der Waals surface area contributed by atoms with E-state index in [9.17, 15) is 0 Å². The first-order chi connectivity index (χ1) is 1.91. The molecule has 0 aromatic heterocycles. The van der Waals surface area contributed by atoms with E-state index in [0.717, 1.165) is 0 Å². The van der Waals surface area contributed by atoms with Gasteiger partial charge in [-0.25, -0.2) is 0 Å². The standard InChI is InChI=1S/C3H5.Pb/c1-3-2;/h3H,1-2H2;. The Morgan fingerprint density at radius 3 is 2.25 bits per heavy atom. The van der Waals surface area contributed by atoms with Crippen LogP contribution in [0.5, 0.6) is 0 Å². The van der Waals surface area contributed by atoms with E-state index in [0.29, 0.717) is 0 Å². The van der Waals surface area contributed by atoms with Gasteiger partial charge in [0.25, 0.3) is 0 Å². The van der Waals surface area contributed by atoms with E-state index in [4.69, 9.17) is 0 Å². The summed E-state index contributed by atoms with van der Waals surface area (Å²) < 4.78 is 1.22. The number of hydrogen-bond donors (Lipinski definition) is 0. The van der Waals surface area contributed by atoms with Gasteiger partial charge in [-0.2, -0.15) is 0 Å². The van der Waals surface area contributed by atoms with Crippen molar-refractivity contribution >= 4 is 25.8 Å². The summed E-state index contributed by atoms with van der Waals surface area (Å²) in [6, 6.07) is 0. The molecule has 4 heavy (non-hydrogen) atoms. The van der Waals surface area contributed by atoms with Crippen molar-refractivity contribution in [2.24, 2.45) is 0 Å². The first kappa shape index (κ1) is 4.66. The van der Waals surface area contributed by atoms with Crippen LogP contribution < -0.4 is 0 Å². The van der Waals surface area contributed by atoms with Crippen LogP contribution in [-0.4, -0.2) is 25.8 Å². The summed E-state index contributed by atoms with van der Waals surface area (Å²) in [5.74, 6) is 0. The second-order valence-electron chi connectivity index (χ2n) is 0.493. The Bertz CT molecular complexity index is 17.2. The molecule has 0 aliphatic carbocycles. The van der Waals surface area contributed by atoms with Crippen molar-refractivity contribution in [3.8, 4) is 0 Å². The number of rotatable bonds is 1. The number of allylic oxidation sites excluding steroid dienone is 1. The van der Waals surface area contributed by atoms with E-state index < -0.39 is 0 Å². The molecule has 0 amide bonds. The molecule has 0 heterocycles. The zero-order valence-corrected chi connectivity index (χ0v) is 6.38. The van der Waals surface area contributed by atoms with Crippen LogP contribution >= 0.6 is 0 Å². The van der Waals surface area contributed by atoms with E-state index in [1.165, 1.54) is 29.7 Å². The predicted octanol–water partition coefficient (Wildman–Crippen LogP) is 0.759. The molecule has 3 radical (unpaired) electrons. The van der Waals surface area contributed by atoms with Crippen LogP contribution in [0.4, 0.5) is 0 Å². The Kier molecular flexibility index (Phi) is 4.27. The van der Waals surface area contributed by atoms with Crippen LogP contribution in [0.2, 0.25) is 3.98 Å². The monoisotopic (exact) mass is 249 g/mol. The van der Waals surface area contributed by atoms with Gasteiger partial charge in [-0.15, -0.1) is 0 Å². The van der Waals surface area contributed by atoms with Crippen molar-refractivity contribution in [2.45, 2.75) is 3.98 Å². The zero-order chi connectivity index (χ0) is 3.41. The first-order valence-corrected chi connectivity index (χ1v) is 3.92. The molecule has 0 atom stereocenters. The summed E-state index contributed by atoms with van der Waals surface area (Å²) in [5, 5.41) is 0. The van der Waals surface area contributed by atoms with Crippen molar-refractivity contribution in [3.63, 3.8) is 0 Å². The maximum atomic E-state index is 3.51. The summed E-state index contributed by atoms with van der Waals surface area (Å²) in [6.45, 7) is 3.51. The predicted molar refractivity (Wildman–Crippen MR) is 20.8 cm³/mol. The van der Waals surface area contributed by atoms with Gasteiger partial charge in [0.15, 0.2) is 0 Å². The van der Waals surface area contributed by atoms with Crippen molar-refractivity contribution in [1.82, 2.24) is 0 Å². The van der Waals surface area contributed by atoms with E-state index >= 15 is 0 Å². The molecule has 0 aliphatic rings. The fourth-order valence-electron chi connectivity index (χ4n) is 0. The average Bonchev–Trinajstić information content (AvgIpc) is 1.37. The molecule has 0 N–H and O–H groups in total. The van der Waals surface area contributed by atoms with Gasteiger partial charge in [0.2, 0.25) is 0 Å². The third-order valence-electron chi connectivity index (χ3n) is 0.144. The van der Waals surface area contributed by atoms with Crippen LogP contribution in [0.3, 0.4) is 0 Å². The Balaban J connectivity index is 2.30. The Morgan fingerprint density at radius 2 is 2.25 bits per heavy atom. The molecular weight excluding hydrogens is 243 g/mol. The normalized spacial score (nSPS) is 6.25. The minimum atomic E-state index is 1.22. The summed E-state index contributed by atoms with van der Waals surface area (Å²) >= 11 is 1.27. The topological polar surface area (TPSA) is 0 Å². The Morgan fingerprint density at radius 1 is 2.00 bits per heavy atom. The van der Waals surface area contributed by atoms with Crippen molar-refractivity contribution in [3.05, 3.63) is 12.7 Å².